The summed E-state index contributed by atoms with van der Waals surface area (Å²) >= 11 is 6.07. The van der Waals surface area contributed by atoms with Crippen LogP contribution in [0.4, 0.5) is 4.39 Å². The lowest BCUT2D eigenvalue weighted by molar-refractivity contribution is -0.120. The Labute approximate surface area is 255 Å². The molecule has 0 saturated heterocycles. The van der Waals surface area contributed by atoms with Crippen molar-refractivity contribution < 1.29 is 23.8 Å². The lowest BCUT2D eigenvalue weighted by atomic mass is 10.0. The summed E-state index contributed by atoms with van der Waals surface area (Å²) in [5.41, 5.74) is 3.62. The Balaban J connectivity index is 1.63. The van der Waals surface area contributed by atoms with Crippen LogP contribution in [0.5, 0.6) is 5.75 Å². The van der Waals surface area contributed by atoms with Gasteiger partial charge in [0, 0.05) is 35.3 Å². The molecule has 0 heterocycles. The molecule has 3 aromatic rings. The van der Waals surface area contributed by atoms with Gasteiger partial charge in [-0.25, -0.2) is 4.39 Å². The second-order valence-electron chi connectivity index (χ2n) is 12.4. The highest BCUT2D eigenvalue weighted by atomic mass is 35.5. The van der Waals surface area contributed by atoms with E-state index in [4.69, 9.17) is 16.0 Å². The molecule has 4 N–H and O–H groups in total. The zero-order valence-corrected chi connectivity index (χ0v) is 27.2. The molecule has 3 rings (SSSR count). The van der Waals surface area contributed by atoms with Gasteiger partial charge in [-0.1, -0.05) is 68.8 Å². The van der Waals surface area contributed by atoms with Gasteiger partial charge in [0.05, 0.1) is 19.1 Å². The molecule has 42 heavy (non-hydrogen) atoms. The molecular formula is C33H44ClFN2O4Si. The van der Waals surface area contributed by atoms with Crippen molar-refractivity contribution in [1.29, 1.82) is 0 Å². The van der Waals surface area contributed by atoms with Crippen molar-refractivity contribution in [1.82, 2.24) is 10.6 Å². The standard InChI is InChI=1S/C33H44ClFN2O4Si/c1-22(36-20-31(41-42(5,6)33(2,3)4)25-13-14-30(39)26(18-25)21-38)15-23-9-7-10-24(16-23)17-32(40)37-19-27-28(34)11-8-12-29(27)35/h7-14,16,18,22,31,36,38-39H,15,17,19-21H2,1-6H3,(H,37,40)/t22-,31+/m1/s1. The van der Waals surface area contributed by atoms with Gasteiger partial charge in [0.25, 0.3) is 0 Å². The third-order valence-corrected chi connectivity index (χ3v) is 12.8. The molecule has 0 saturated carbocycles. The van der Waals surface area contributed by atoms with E-state index in [1.807, 2.05) is 36.4 Å². The predicted molar refractivity (Wildman–Crippen MR) is 170 cm³/mol. The van der Waals surface area contributed by atoms with E-state index in [2.05, 4.69) is 51.4 Å². The molecule has 9 heteroatoms. The summed E-state index contributed by atoms with van der Waals surface area (Å²) in [6, 6.07) is 17.7. The van der Waals surface area contributed by atoms with E-state index >= 15 is 0 Å². The van der Waals surface area contributed by atoms with E-state index < -0.39 is 14.1 Å². The van der Waals surface area contributed by atoms with Crippen LogP contribution in [0.3, 0.4) is 0 Å². The quantitative estimate of drug-likeness (QED) is 0.159. The highest BCUT2D eigenvalue weighted by molar-refractivity contribution is 6.74. The van der Waals surface area contributed by atoms with Crippen LogP contribution < -0.4 is 10.6 Å². The number of phenols is 1. The first-order chi connectivity index (χ1) is 19.7. The van der Waals surface area contributed by atoms with Crippen molar-refractivity contribution in [3.8, 4) is 5.75 Å². The van der Waals surface area contributed by atoms with Crippen LogP contribution in [-0.4, -0.2) is 37.0 Å². The van der Waals surface area contributed by atoms with Crippen LogP contribution in [-0.2, 0) is 35.2 Å². The second-order valence-corrected chi connectivity index (χ2v) is 17.6. The van der Waals surface area contributed by atoms with E-state index in [1.165, 1.54) is 12.1 Å². The number of aliphatic hydroxyl groups is 1. The van der Waals surface area contributed by atoms with Gasteiger partial charge in [-0.2, -0.15) is 0 Å². The number of aromatic hydroxyl groups is 1. The Bertz CT molecular complexity index is 1340. The summed E-state index contributed by atoms with van der Waals surface area (Å²) in [5.74, 6) is -0.583. The Morgan fingerprint density at radius 2 is 1.76 bits per heavy atom. The van der Waals surface area contributed by atoms with Gasteiger partial charge in [-0.15, -0.1) is 0 Å². The van der Waals surface area contributed by atoms with Crippen LogP contribution in [0.15, 0.2) is 60.7 Å². The van der Waals surface area contributed by atoms with Gasteiger partial charge in [-0.3, -0.25) is 4.79 Å². The van der Waals surface area contributed by atoms with Crippen LogP contribution in [0, 0.1) is 5.82 Å². The normalized spacial score (nSPS) is 13.5. The van der Waals surface area contributed by atoms with Crippen molar-refractivity contribution in [2.24, 2.45) is 0 Å². The number of aliphatic hydroxyl groups excluding tert-OH is 1. The molecule has 3 aromatic carbocycles. The summed E-state index contributed by atoms with van der Waals surface area (Å²) < 4.78 is 20.8. The number of nitrogens with one attached hydrogen (secondary N) is 2. The molecule has 0 aliphatic rings. The first-order valence-electron chi connectivity index (χ1n) is 14.3. The molecular weight excluding hydrogens is 571 g/mol. The van der Waals surface area contributed by atoms with E-state index in [0.717, 1.165) is 23.1 Å². The lowest BCUT2D eigenvalue weighted by Gasteiger charge is -2.40. The molecule has 0 radical (unpaired) electrons. The van der Waals surface area contributed by atoms with Crippen LogP contribution in [0.1, 0.15) is 61.6 Å². The molecule has 228 valence electrons. The highest BCUT2D eigenvalue weighted by Crippen LogP contribution is 2.40. The van der Waals surface area contributed by atoms with Crippen LogP contribution in [0.2, 0.25) is 23.2 Å². The molecule has 1 amide bonds. The van der Waals surface area contributed by atoms with Crippen molar-refractivity contribution in [2.75, 3.05) is 6.54 Å². The molecule has 0 aromatic heterocycles. The Hall–Kier alpha value is -2.75. The number of halogens is 2. The summed E-state index contributed by atoms with van der Waals surface area (Å²) in [5, 5.41) is 26.5. The molecule has 0 aliphatic heterocycles. The Kier molecular flexibility index (Phi) is 11.7. The van der Waals surface area contributed by atoms with E-state index in [1.54, 1.807) is 12.1 Å². The van der Waals surface area contributed by atoms with E-state index in [0.29, 0.717) is 12.1 Å². The van der Waals surface area contributed by atoms with E-state index in [9.17, 15) is 19.4 Å². The molecule has 6 nitrogen and oxygen atoms in total. The molecule has 0 unspecified atom stereocenters. The fourth-order valence-corrected chi connectivity index (χ4v) is 5.94. The summed E-state index contributed by atoms with van der Waals surface area (Å²) in [6.45, 7) is 13.5. The zero-order chi connectivity index (χ0) is 31.1. The van der Waals surface area contributed by atoms with Gasteiger partial charge in [0.15, 0.2) is 8.32 Å². The fraction of sp³-hybridized carbons (Fsp3) is 0.424. The smallest absolute Gasteiger partial charge is 0.224 e. The number of rotatable bonds is 13. The van der Waals surface area contributed by atoms with Gasteiger partial charge < -0.3 is 25.3 Å². The minimum Gasteiger partial charge on any atom is -0.508 e. The number of carbonyl (C=O) groups is 1. The average molecular weight is 615 g/mol. The minimum absolute atomic E-state index is 0.0157. The van der Waals surface area contributed by atoms with Crippen molar-refractivity contribution in [2.45, 2.75) is 84.0 Å². The Morgan fingerprint density at radius 1 is 1.07 bits per heavy atom. The van der Waals surface area contributed by atoms with Crippen molar-refractivity contribution >= 4 is 25.8 Å². The molecule has 0 spiro atoms. The third-order valence-electron chi connectivity index (χ3n) is 7.96. The summed E-state index contributed by atoms with van der Waals surface area (Å²) in [7, 11) is -2.13. The maximum absolute atomic E-state index is 14.0. The van der Waals surface area contributed by atoms with Crippen molar-refractivity contribution in [3.05, 3.63) is 99.3 Å². The SMILES string of the molecule is C[C@H](Cc1cccc(CC(=O)NCc2c(F)cccc2Cl)c1)NC[C@H](O[Si](C)(C)C(C)(C)C)c1ccc(O)c(CO)c1. The predicted octanol–water partition coefficient (Wildman–Crippen LogP) is 6.82. The molecule has 0 bridgehead atoms. The monoisotopic (exact) mass is 614 g/mol. The first kappa shape index (κ1) is 33.7. The van der Waals surface area contributed by atoms with Crippen molar-refractivity contribution in [3.63, 3.8) is 0 Å². The van der Waals surface area contributed by atoms with Gasteiger partial charge in [0.1, 0.15) is 11.6 Å². The van der Waals surface area contributed by atoms with Crippen LogP contribution in [0.25, 0.3) is 0 Å². The number of hydrogen-bond donors (Lipinski definition) is 4. The maximum Gasteiger partial charge on any atom is 0.224 e. The zero-order valence-electron chi connectivity index (χ0n) is 25.4. The number of hydrogen-bond acceptors (Lipinski definition) is 5. The highest BCUT2D eigenvalue weighted by Gasteiger charge is 2.39. The van der Waals surface area contributed by atoms with Gasteiger partial charge in [0.2, 0.25) is 5.91 Å². The first-order valence-corrected chi connectivity index (χ1v) is 17.6. The maximum atomic E-state index is 14.0. The summed E-state index contributed by atoms with van der Waals surface area (Å²) in [4.78, 5) is 12.6. The molecule has 2 atom stereocenters. The molecule has 0 fully saturated rings. The lowest BCUT2D eigenvalue weighted by Crippen LogP contribution is -2.44. The van der Waals surface area contributed by atoms with E-state index in [-0.39, 0.29) is 59.0 Å². The summed E-state index contributed by atoms with van der Waals surface area (Å²) in [6.07, 6.45) is 0.667. The molecule has 0 aliphatic carbocycles. The average Bonchev–Trinajstić information content (AvgIpc) is 2.90. The Morgan fingerprint density at radius 3 is 2.43 bits per heavy atom. The minimum atomic E-state index is -2.13. The van der Waals surface area contributed by atoms with Gasteiger partial charge in [-0.05, 0) is 72.4 Å². The number of carbonyl (C=O) groups excluding carboxylic acids is 1. The largest absolute Gasteiger partial charge is 0.508 e. The van der Waals surface area contributed by atoms with Gasteiger partial charge >= 0.3 is 0 Å². The number of benzene rings is 3. The number of amides is 1. The second kappa shape index (κ2) is 14.6. The third kappa shape index (κ3) is 9.38. The van der Waals surface area contributed by atoms with Crippen LogP contribution >= 0.6 is 11.6 Å². The fourth-order valence-electron chi connectivity index (χ4n) is 4.43. The topological polar surface area (TPSA) is 90.8 Å².